The van der Waals surface area contributed by atoms with Gasteiger partial charge in [0.25, 0.3) is 0 Å². The fraction of sp³-hybridized carbons (Fsp3) is 0.591. The molecule has 5 heteroatoms. The molecule has 152 valence electrons. The van der Waals surface area contributed by atoms with Crippen LogP contribution in [-0.2, 0) is 4.79 Å². The Bertz CT molecular complexity index is 583. The minimum Gasteiger partial charge on any atom is -0.494 e. The zero-order valence-electron chi connectivity index (χ0n) is 16.4. The number of hydrogen-bond donors (Lipinski definition) is 2. The normalized spacial score (nSPS) is 14.9. The van der Waals surface area contributed by atoms with Gasteiger partial charge in [-0.15, -0.1) is 12.4 Å². The molecule has 1 aliphatic carbocycles. The van der Waals surface area contributed by atoms with Crippen LogP contribution in [0, 0.1) is 12.8 Å². The lowest BCUT2D eigenvalue weighted by molar-refractivity contribution is -0.136. The average molecular weight is 396 g/mol. The molecule has 4 nitrogen and oxygen atoms in total. The van der Waals surface area contributed by atoms with E-state index >= 15 is 0 Å². The number of benzene rings is 1. The predicted molar refractivity (Wildman–Crippen MR) is 114 cm³/mol. The van der Waals surface area contributed by atoms with E-state index in [1.807, 2.05) is 12.1 Å². The highest BCUT2D eigenvalue weighted by Gasteiger charge is 2.12. The van der Waals surface area contributed by atoms with Gasteiger partial charge in [0.1, 0.15) is 5.75 Å². The SMILES string of the molecule is Cc1cc(OCCCC2CCCCC2)ccc1/C=C/CNCCC(=O)O.Cl. The fourth-order valence-electron chi connectivity index (χ4n) is 3.53. The van der Waals surface area contributed by atoms with E-state index in [0.29, 0.717) is 13.1 Å². The molecule has 1 fully saturated rings. The summed E-state index contributed by atoms with van der Waals surface area (Å²) in [6, 6.07) is 6.21. The predicted octanol–water partition coefficient (Wildman–Crippen LogP) is 5.23. The topological polar surface area (TPSA) is 58.6 Å². The second kappa shape index (κ2) is 13.6. The van der Waals surface area contributed by atoms with Crippen LogP contribution >= 0.6 is 12.4 Å². The molecule has 0 heterocycles. The molecule has 0 saturated heterocycles. The molecule has 0 radical (unpaired) electrons. The summed E-state index contributed by atoms with van der Waals surface area (Å²) < 4.78 is 5.92. The molecule has 0 atom stereocenters. The third kappa shape index (κ3) is 9.83. The van der Waals surface area contributed by atoms with E-state index < -0.39 is 5.97 Å². The van der Waals surface area contributed by atoms with Crippen molar-refractivity contribution in [2.75, 3.05) is 19.7 Å². The highest BCUT2D eigenvalue weighted by Crippen LogP contribution is 2.27. The van der Waals surface area contributed by atoms with Crippen LogP contribution in [0.5, 0.6) is 5.75 Å². The molecule has 0 aliphatic heterocycles. The van der Waals surface area contributed by atoms with Crippen molar-refractivity contribution in [1.29, 1.82) is 0 Å². The van der Waals surface area contributed by atoms with Gasteiger partial charge in [0.2, 0.25) is 0 Å². The fourth-order valence-corrected chi connectivity index (χ4v) is 3.53. The van der Waals surface area contributed by atoms with E-state index in [1.54, 1.807) is 0 Å². The number of rotatable bonds is 11. The molecule has 0 amide bonds. The number of carboxylic acid groups (broad SMARTS) is 1. The number of carbonyl (C=O) groups is 1. The number of halogens is 1. The molecule has 27 heavy (non-hydrogen) atoms. The van der Waals surface area contributed by atoms with Gasteiger partial charge < -0.3 is 15.2 Å². The third-order valence-electron chi connectivity index (χ3n) is 5.07. The smallest absolute Gasteiger partial charge is 0.304 e. The Morgan fingerprint density at radius 3 is 2.78 bits per heavy atom. The Labute approximate surface area is 169 Å². The monoisotopic (exact) mass is 395 g/mol. The molecule has 0 aromatic heterocycles. The summed E-state index contributed by atoms with van der Waals surface area (Å²) in [7, 11) is 0. The van der Waals surface area contributed by atoms with Crippen LogP contribution in [0.2, 0.25) is 0 Å². The molecule has 1 saturated carbocycles. The molecular weight excluding hydrogens is 362 g/mol. The molecule has 1 aliphatic rings. The molecule has 1 aromatic carbocycles. The molecule has 1 aromatic rings. The molecular formula is C22H34ClNO3. The maximum atomic E-state index is 10.4. The van der Waals surface area contributed by atoms with E-state index in [2.05, 4.69) is 30.4 Å². The number of nitrogens with one attached hydrogen (secondary N) is 1. The van der Waals surface area contributed by atoms with Gasteiger partial charge in [0, 0.05) is 13.1 Å². The van der Waals surface area contributed by atoms with Gasteiger partial charge >= 0.3 is 5.97 Å². The van der Waals surface area contributed by atoms with Gasteiger partial charge in [-0.3, -0.25) is 4.79 Å². The Balaban J connectivity index is 0.00000364. The van der Waals surface area contributed by atoms with E-state index in [9.17, 15) is 4.79 Å². The molecule has 0 unspecified atom stereocenters. The standard InChI is InChI=1S/C22H33NO3.ClH/c1-18-17-21(26-16-6-9-19-7-3-2-4-8-19)12-11-20(18)10-5-14-23-15-13-22(24)25;/h5,10-12,17,19,23H,2-4,6-9,13-16H2,1H3,(H,24,25);1H/b10-5+;. The minimum absolute atomic E-state index is 0. The van der Waals surface area contributed by atoms with Crippen LogP contribution in [0.25, 0.3) is 6.08 Å². The van der Waals surface area contributed by atoms with Crippen molar-refractivity contribution < 1.29 is 14.6 Å². The quantitative estimate of drug-likeness (QED) is 0.503. The van der Waals surface area contributed by atoms with Crippen LogP contribution < -0.4 is 10.1 Å². The van der Waals surface area contributed by atoms with E-state index in [-0.39, 0.29) is 18.8 Å². The first-order valence-electron chi connectivity index (χ1n) is 9.97. The van der Waals surface area contributed by atoms with Crippen LogP contribution in [0.4, 0.5) is 0 Å². The lowest BCUT2D eigenvalue weighted by Crippen LogP contribution is -2.17. The van der Waals surface area contributed by atoms with Crippen molar-refractivity contribution in [2.24, 2.45) is 5.92 Å². The highest BCUT2D eigenvalue weighted by molar-refractivity contribution is 5.85. The maximum absolute atomic E-state index is 10.4. The second-order valence-corrected chi connectivity index (χ2v) is 7.26. The summed E-state index contributed by atoms with van der Waals surface area (Å²) in [5.41, 5.74) is 2.36. The molecule has 0 spiro atoms. The number of aryl methyl sites for hydroxylation is 1. The van der Waals surface area contributed by atoms with E-state index in [4.69, 9.17) is 9.84 Å². The third-order valence-corrected chi connectivity index (χ3v) is 5.07. The Kier molecular flexibility index (Phi) is 11.9. The molecule has 2 N–H and O–H groups in total. The van der Waals surface area contributed by atoms with Crippen LogP contribution in [-0.4, -0.2) is 30.8 Å². The Hall–Kier alpha value is -1.52. The highest BCUT2D eigenvalue weighted by atomic mass is 35.5. The van der Waals surface area contributed by atoms with Crippen molar-refractivity contribution >= 4 is 24.5 Å². The largest absolute Gasteiger partial charge is 0.494 e. The van der Waals surface area contributed by atoms with Crippen molar-refractivity contribution in [3.63, 3.8) is 0 Å². The zero-order valence-corrected chi connectivity index (χ0v) is 17.2. The van der Waals surface area contributed by atoms with Crippen molar-refractivity contribution in [3.8, 4) is 5.75 Å². The molecule has 2 rings (SSSR count). The number of carboxylic acids is 1. The number of ether oxygens (including phenoxy) is 1. The van der Waals surface area contributed by atoms with E-state index in [0.717, 1.165) is 24.7 Å². The van der Waals surface area contributed by atoms with Gasteiger partial charge in [-0.2, -0.15) is 0 Å². The van der Waals surface area contributed by atoms with Crippen molar-refractivity contribution in [2.45, 2.75) is 58.3 Å². The first-order valence-corrected chi connectivity index (χ1v) is 9.97. The summed E-state index contributed by atoms with van der Waals surface area (Å²) in [6.45, 7) is 4.06. The molecule has 0 bridgehead atoms. The summed E-state index contributed by atoms with van der Waals surface area (Å²) in [5, 5.41) is 11.7. The van der Waals surface area contributed by atoms with Crippen LogP contribution in [0.15, 0.2) is 24.3 Å². The lowest BCUT2D eigenvalue weighted by atomic mass is 9.86. The number of aliphatic carboxylic acids is 1. The second-order valence-electron chi connectivity index (χ2n) is 7.26. The summed E-state index contributed by atoms with van der Waals surface area (Å²) in [5.74, 6) is 1.10. The van der Waals surface area contributed by atoms with Gasteiger partial charge in [-0.05, 0) is 48.9 Å². The van der Waals surface area contributed by atoms with Gasteiger partial charge in [0.05, 0.1) is 13.0 Å². The van der Waals surface area contributed by atoms with Gasteiger partial charge in [-0.25, -0.2) is 0 Å². The zero-order chi connectivity index (χ0) is 18.6. The Morgan fingerprint density at radius 1 is 1.30 bits per heavy atom. The van der Waals surface area contributed by atoms with Crippen LogP contribution in [0.3, 0.4) is 0 Å². The lowest BCUT2D eigenvalue weighted by Gasteiger charge is -2.21. The average Bonchev–Trinajstić information content (AvgIpc) is 2.63. The number of hydrogen-bond acceptors (Lipinski definition) is 3. The first-order chi connectivity index (χ1) is 12.6. The summed E-state index contributed by atoms with van der Waals surface area (Å²) >= 11 is 0. The van der Waals surface area contributed by atoms with Gasteiger partial charge in [0.15, 0.2) is 0 Å². The van der Waals surface area contributed by atoms with E-state index in [1.165, 1.54) is 49.7 Å². The Morgan fingerprint density at radius 2 is 2.07 bits per heavy atom. The van der Waals surface area contributed by atoms with Crippen molar-refractivity contribution in [1.82, 2.24) is 5.32 Å². The van der Waals surface area contributed by atoms with Gasteiger partial charge in [-0.1, -0.05) is 50.3 Å². The minimum atomic E-state index is -0.772. The first kappa shape index (κ1) is 23.5. The van der Waals surface area contributed by atoms with Crippen LogP contribution in [0.1, 0.15) is 62.5 Å². The maximum Gasteiger partial charge on any atom is 0.304 e. The van der Waals surface area contributed by atoms with Crippen molar-refractivity contribution in [3.05, 3.63) is 35.4 Å². The summed E-state index contributed by atoms with van der Waals surface area (Å²) in [6.07, 6.45) is 13.7. The summed E-state index contributed by atoms with van der Waals surface area (Å²) in [4.78, 5) is 10.4.